The summed E-state index contributed by atoms with van der Waals surface area (Å²) in [7, 11) is 0. The second-order valence-electron chi connectivity index (χ2n) is 6.68. The molecule has 4 heteroatoms. The molecular formula is C21H23NO3. The minimum atomic E-state index is -1.25. The smallest absolute Gasteiger partial charge is 0.319 e. The maximum atomic E-state index is 12.7. The molecule has 25 heavy (non-hydrogen) atoms. The van der Waals surface area contributed by atoms with Crippen LogP contribution in [0.25, 0.3) is 0 Å². The molecule has 2 N–H and O–H groups in total. The molecule has 1 fully saturated rings. The molecule has 1 amide bonds. The standard InChI is InChI=1S/C21H23NO3/c23-19(21(20(24)25)13-7-8-14-21)22-15-18(16-9-3-1-4-10-16)17-11-5-2-6-12-17/h1-6,9-12,18H,7-8,13-15H2,(H,22,23)(H,24,25). The second kappa shape index (κ2) is 7.51. The van der Waals surface area contributed by atoms with Gasteiger partial charge in [0, 0.05) is 12.5 Å². The molecule has 130 valence electrons. The van der Waals surface area contributed by atoms with Crippen LogP contribution in [0.1, 0.15) is 42.7 Å². The van der Waals surface area contributed by atoms with Crippen molar-refractivity contribution in [1.29, 1.82) is 0 Å². The Bertz CT molecular complexity index is 682. The summed E-state index contributed by atoms with van der Waals surface area (Å²) in [6.45, 7) is 0.391. The molecule has 1 aliphatic rings. The Kier molecular flexibility index (Phi) is 5.17. The van der Waals surface area contributed by atoms with E-state index in [0.717, 1.165) is 24.0 Å². The third-order valence-electron chi connectivity index (χ3n) is 5.17. The van der Waals surface area contributed by atoms with E-state index < -0.39 is 11.4 Å². The fourth-order valence-corrected chi connectivity index (χ4v) is 3.68. The van der Waals surface area contributed by atoms with Crippen molar-refractivity contribution in [2.45, 2.75) is 31.6 Å². The van der Waals surface area contributed by atoms with E-state index in [-0.39, 0.29) is 11.8 Å². The second-order valence-corrected chi connectivity index (χ2v) is 6.68. The fourth-order valence-electron chi connectivity index (χ4n) is 3.68. The highest BCUT2D eigenvalue weighted by Crippen LogP contribution is 2.38. The van der Waals surface area contributed by atoms with Gasteiger partial charge in [-0.3, -0.25) is 9.59 Å². The topological polar surface area (TPSA) is 66.4 Å². The van der Waals surface area contributed by atoms with Crippen molar-refractivity contribution in [2.75, 3.05) is 6.54 Å². The molecule has 3 rings (SSSR count). The van der Waals surface area contributed by atoms with Crippen LogP contribution in [-0.2, 0) is 9.59 Å². The molecule has 0 saturated heterocycles. The minimum Gasteiger partial charge on any atom is -0.480 e. The largest absolute Gasteiger partial charge is 0.480 e. The van der Waals surface area contributed by atoms with E-state index in [1.54, 1.807) is 0 Å². The zero-order valence-electron chi connectivity index (χ0n) is 14.2. The number of amides is 1. The van der Waals surface area contributed by atoms with Crippen LogP contribution in [0.15, 0.2) is 60.7 Å². The van der Waals surface area contributed by atoms with Crippen molar-refractivity contribution in [3.05, 3.63) is 71.8 Å². The van der Waals surface area contributed by atoms with Gasteiger partial charge in [-0.1, -0.05) is 73.5 Å². The molecule has 2 aromatic rings. The number of nitrogens with one attached hydrogen (secondary N) is 1. The van der Waals surface area contributed by atoms with Crippen molar-refractivity contribution in [3.8, 4) is 0 Å². The van der Waals surface area contributed by atoms with E-state index in [4.69, 9.17) is 0 Å². The summed E-state index contributed by atoms with van der Waals surface area (Å²) >= 11 is 0. The van der Waals surface area contributed by atoms with Crippen LogP contribution < -0.4 is 5.32 Å². The third kappa shape index (κ3) is 3.58. The lowest BCUT2D eigenvalue weighted by Crippen LogP contribution is -2.46. The number of rotatable bonds is 6. The van der Waals surface area contributed by atoms with Crippen LogP contribution in [0.2, 0.25) is 0 Å². The van der Waals surface area contributed by atoms with Crippen molar-refractivity contribution in [3.63, 3.8) is 0 Å². The van der Waals surface area contributed by atoms with Crippen molar-refractivity contribution in [1.82, 2.24) is 5.32 Å². The van der Waals surface area contributed by atoms with Gasteiger partial charge < -0.3 is 10.4 Å². The van der Waals surface area contributed by atoms with Gasteiger partial charge in [-0.2, -0.15) is 0 Å². The first kappa shape index (κ1) is 17.2. The van der Waals surface area contributed by atoms with E-state index in [1.165, 1.54) is 0 Å². The Morgan fingerprint density at radius 1 is 0.920 bits per heavy atom. The predicted octanol–water partition coefficient (Wildman–Crippen LogP) is 3.58. The monoisotopic (exact) mass is 337 g/mol. The number of hydrogen-bond acceptors (Lipinski definition) is 2. The molecular weight excluding hydrogens is 314 g/mol. The summed E-state index contributed by atoms with van der Waals surface area (Å²) in [5, 5.41) is 12.5. The van der Waals surface area contributed by atoms with Gasteiger partial charge in [0.2, 0.25) is 5.91 Å². The molecule has 2 aromatic carbocycles. The van der Waals surface area contributed by atoms with Gasteiger partial charge in [0.05, 0.1) is 0 Å². The van der Waals surface area contributed by atoms with Gasteiger partial charge >= 0.3 is 5.97 Å². The summed E-state index contributed by atoms with van der Waals surface area (Å²) in [6, 6.07) is 20.0. The van der Waals surface area contributed by atoms with Crippen LogP contribution in [-0.4, -0.2) is 23.5 Å². The quantitative estimate of drug-likeness (QED) is 0.792. The molecule has 1 saturated carbocycles. The lowest BCUT2D eigenvalue weighted by Gasteiger charge is -2.25. The number of hydrogen-bond donors (Lipinski definition) is 2. The first-order valence-corrected chi connectivity index (χ1v) is 8.75. The van der Waals surface area contributed by atoms with Crippen molar-refractivity contribution < 1.29 is 14.7 Å². The van der Waals surface area contributed by atoms with Gasteiger partial charge in [-0.15, -0.1) is 0 Å². The van der Waals surface area contributed by atoms with E-state index in [0.29, 0.717) is 19.4 Å². The molecule has 0 heterocycles. The number of aliphatic carboxylic acids is 1. The van der Waals surface area contributed by atoms with E-state index in [9.17, 15) is 14.7 Å². The molecule has 0 aromatic heterocycles. The highest BCUT2D eigenvalue weighted by molar-refractivity contribution is 6.02. The number of carbonyl (C=O) groups is 2. The van der Waals surface area contributed by atoms with E-state index in [1.807, 2.05) is 60.7 Å². The van der Waals surface area contributed by atoms with Gasteiger partial charge in [-0.25, -0.2) is 0 Å². The zero-order chi connectivity index (χ0) is 17.7. The van der Waals surface area contributed by atoms with Crippen molar-refractivity contribution in [2.24, 2.45) is 5.41 Å². The summed E-state index contributed by atoms with van der Waals surface area (Å²) < 4.78 is 0. The Balaban J connectivity index is 1.80. The lowest BCUT2D eigenvalue weighted by molar-refractivity contribution is -0.155. The fraction of sp³-hybridized carbons (Fsp3) is 0.333. The predicted molar refractivity (Wildman–Crippen MR) is 96.3 cm³/mol. The van der Waals surface area contributed by atoms with Gasteiger partial charge in [0.15, 0.2) is 0 Å². The summed E-state index contributed by atoms with van der Waals surface area (Å²) in [5.41, 5.74) is 0.951. The maximum Gasteiger partial charge on any atom is 0.319 e. The van der Waals surface area contributed by atoms with Crippen molar-refractivity contribution >= 4 is 11.9 Å². The summed E-state index contributed by atoms with van der Waals surface area (Å²) in [6.07, 6.45) is 2.44. The zero-order valence-corrected chi connectivity index (χ0v) is 14.2. The molecule has 0 unspecified atom stereocenters. The SMILES string of the molecule is O=C(O)C1(C(=O)NCC(c2ccccc2)c2ccccc2)CCCC1. The van der Waals surface area contributed by atoms with Gasteiger partial charge in [0.25, 0.3) is 0 Å². The van der Waals surface area contributed by atoms with Crippen LogP contribution in [0, 0.1) is 5.41 Å². The van der Waals surface area contributed by atoms with Crippen LogP contribution in [0.4, 0.5) is 0 Å². The number of carboxylic acids is 1. The molecule has 0 radical (unpaired) electrons. The van der Waals surface area contributed by atoms with Crippen LogP contribution in [0.3, 0.4) is 0 Å². The number of carboxylic acid groups (broad SMARTS) is 1. The Morgan fingerprint density at radius 3 is 1.84 bits per heavy atom. The highest BCUT2D eigenvalue weighted by Gasteiger charge is 2.48. The Labute approximate surface area is 147 Å². The van der Waals surface area contributed by atoms with Crippen LogP contribution in [0.5, 0.6) is 0 Å². The molecule has 0 aliphatic heterocycles. The average molecular weight is 337 g/mol. The lowest BCUT2D eigenvalue weighted by atomic mass is 9.84. The molecule has 0 spiro atoms. The number of carbonyl (C=O) groups excluding carboxylic acids is 1. The van der Waals surface area contributed by atoms with Gasteiger partial charge in [0.1, 0.15) is 5.41 Å². The molecule has 4 nitrogen and oxygen atoms in total. The highest BCUT2D eigenvalue weighted by atomic mass is 16.4. The third-order valence-corrected chi connectivity index (χ3v) is 5.17. The first-order valence-electron chi connectivity index (χ1n) is 8.75. The Hall–Kier alpha value is -2.62. The normalized spacial score (nSPS) is 15.9. The summed E-state index contributed by atoms with van der Waals surface area (Å²) in [5.74, 6) is -1.36. The first-order chi connectivity index (χ1) is 12.1. The minimum absolute atomic E-state index is 0.00130. The summed E-state index contributed by atoms with van der Waals surface area (Å²) in [4.78, 5) is 24.4. The average Bonchev–Trinajstić information content (AvgIpc) is 3.15. The molecule has 1 aliphatic carbocycles. The molecule has 0 bridgehead atoms. The number of benzene rings is 2. The Morgan fingerprint density at radius 2 is 1.40 bits per heavy atom. The van der Waals surface area contributed by atoms with Crippen LogP contribution >= 0.6 is 0 Å². The maximum absolute atomic E-state index is 12.7. The molecule has 0 atom stereocenters. The van der Waals surface area contributed by atoms with E-state index >= 15 is 0 Å². The van der Waals surface area contributed by atoms with E-state index in [2.05, 4.69) is 5.32 Å². The van der Waals surface area contributed by atoms with Gasteiger partial charge in [-0.05, 0) is 24.0 Å².